The van der Waals surface area contributed by atoms with Crippen LogP contribution in [0.3, 0.4) is 0 Å². The van der Waals surface area contributed by atoms with Gasteiger partial charge in [0.15, 0.2) is 5.69 Å². The van der Waals surface area contributed by atoms with E-state index in [1.807, 2.05) is 24.3 Å². The highest BCUT2D eigenvalue weighted by molar-refractivity contribution is 6.31. The Morgan fingerprint density at radius 3 is 2.38 bits per heavy atom. The van der Waals surface area contributed by atoms with Crippen LogP contribution in [0.25, 0.3) is 10.9 Å². The number of benzene rings is 3. The van der Waals surface area contributed by atoms with Crippen molar-refractivity contribution in [2.45, 2.75) is 43.9 Å². The standard InChI is InChI=1S/C31H29ClF3N3O/c1-20-19-36(26-5-3-2-4-6-26)13-14-37(20)29-17-22(21-7-9-24(10-8-21)31(33,34)35)18-30-27(29)16-23-15-25(32)11-12-28(23)38(30)39/h2-12,15-16,20,22,29H,13-14,17-19H2,1H3. The van der Waals surface area contributed by atoms with Gasteiger partial charge in [-0.2, -0.15) is 17.9 Å². The summed E-state index contributed by atoms with van der Waals surface area (Å²) in [6.07, 6.45) is -3.19. The highest BCUT2D eigenvalue weighted by atomic mass is 35.5. The summed E-state index contributed by atoms with van der Waals surface area (Å²) >= 11 is 6.28. The first kappa shape index (κ1) is 26.0. The van der Waals surface area contributed by atoms with E-state index in [1.165, 1.54) is 5.69 Å². The van der Waals surface area contributed by atoms with Gasteiger partial charge in [-0.1, -0.05) is 41.9 Å². The Labute approximate surface area is 230 Å². The molecule has 3 aromatic carbocycles. The molecule has 2 aliphatic rings. The third-order valence-corrected chi connectivity index (χ3v) is 8.55. The average Bonchev–Trinajstić information content (AvgIpc) is 2.93. The van der Waals surface area contributed by atoms with Crippen molar-refractivity contribution < 1.29 is 17.9 Å². The second-order valence-corrected chi connectivity index (χ2v) is 11.1. The lowest BCUT2D eigenvalue weighted by molar-refractivity contribution is -0.587. The molecule has 1 aromatic heterocycles. The van der Waals surface area contributed by atoms with Crippen LogP contribution in [-0.2, 0) is 12.6 Å². The second-order valence-electron chi connectivity index (χ2n) is 10.7. The predicted octanol–water partition coefficient (Wildman–Crippen LogP) is 7.13. The van der Waals surface area contributed by atoms with E-state index in [-0.39, 0.29) is 18.0 Å². The van der Waals surface area contributed by atoms with Gasteiger partial charge >= 0.3 is 6.18 Å². The van der Waals surface area contributed by atoms with Crippen LogP contribution in [-0.4, -0.2) is 30.6 Å². The third-order valence-electron chi connectivity index (χ3n) is 8.31. The van der Waals surface area contributed by atoms with Gasteiger partial charge in [-0.3, -0.25) is 4.90 Å². The fraction of sp³-hybridized carbons (Fsp3) is 0.323. The van der Waals surface area contributed by atoms with Crippen molar-refractivity contribution >= 4 is 28.2 Å². The summed E-state index contributed by atoms with van der Waals surface area (Å²) in [5, 5.41) is 15.1. The Morgan fingerprint density at radius 2 is 1.69 bits per heavy atom. The second kappa shape index (κ2) is 10.0. The molecule has 0 radical (unpaired) electrons. The number of piperazine rings is 1. The number of hydrogen-bond acceptors (Lipinski definition) is 3. The Balaban J connectivity index is 1.38. The van der Waals surface area contributed by atoms with Crippen LogP contribution in [0.2, 0.25) is 5.02 Å². The highest BCUT2D eigenvalue weighted by Crippen LogP contribution is 2.43. The van der Waals surface area contributed by atoms with E-state index in [1.54, 1.807) is 24.3 Å². The van der Waals surface area contributed by atoms with Crippen LogP contribution in [0, 0.1) is 5.21 Å². The summed E-state index contributed by atoms with van der Waals surface area (Å²) in [4.78, 5) is 4.84. The quantitative estimate of drug-likeness (QED) is 0.201. The molecule has 0 amide bonds. The van der Waals surface area contributed by atoms with Gasteiger partial charge in [0, 0.05) is 65.9 Å². The molecule has 1 aliphatic carbocycles. The van der Waals surface area contributed by atoms with Crippen LogP contribution in [0.15, 0.2) is 78.9 Å². The molecule has 1 aliphatic heterocycles. The van der Waals surface area contributed by atoms with Crippen molar-refractivity contribution in [3.05, 3.63) is 111 Å². The van der Waals surface area contributed by atoms with Gasteiger partial charge < -0.3 is 10.1 Å². The largest absolute Gasteiger partial charge is 0.618 e. The molecule has 0 N–H and O–H groups in total. The van der Waals surface area contributed by atoms with Crippen molar-refractivity contribution in [3.8, 4) is 0 Å². The molecule has 8 heteroatoms. The number of fused-ring (bicyclic) bond motifs is 2. The summed E-state index contributed by atoms with van der Waals surface area (Å²) < 4.78 is 40.7. The Bertz CT molecular complexity index is 1490. The molecule has 3 unspecified atom stereocenters. The van der Waals surface area contributed by atoms with Gasteiger partial charge in [-0.25, -0.2) is 0 Å². The smallest absolute Gasteiger partial charge is 0.416 e. The summed E-state index contributed by atoms with van der Waals surface area (Å²) in [6, 6.07) is 23.3. The number of halogens is 4. The number of aromatic nitrogens is 1. The lowest BCUT2D eigenvalue weighted by atomic mass is 9.78. The molecule has 2 heterocycles. The number of nitrogens with zero attached hydrogens (tertiary/aromatic N) is 3. The molecule has 39 heavy (non-hydrogen) atoms. The number of hydrogen-bond donors (Lipinski definition) is 0. The molecule has 1 saturated heterocycles. The summed E-state index contributed by atoms with van der Waals surface area (Å²) in [6.45, 7) is 4.71. The van der Waals surface area contributed by atoms with E-state index < -0.39 is 11.7 Å². The molecule has 3 atom stereocenters. The normalized spacial score (nSPS) is 22.2. The van der Waals surface area contributed by atoms with Crippen LogP contribution in [0.4, 0.5) is 18.9 Å². The van der Waals surface area contributed by atoms with E-state index >= 15 is 0 Å². The molecule has 6 rings (SSSR count). The van der Waals surface area contributed by atoms with Crippen molar-refractivity contribution in [1.29, 1.82) is 0 Å². The fourth-order valence-electron chi connectivity index (χ4n) is 6.36. The zero-order valence-electron chi connectivity index (χ0n) is 21.5. The molecule has 0 bridgehead atoms. The van der Waals surface area contributed by atoms with E-state index in [2.05, 4.69) is 34.9 Å². The number of alkyl halides is 3. The molecular weight excluding hydrogens is 523 g/mol. The lowest BCUT2D eigenvalue weighted by Crippen LogP contribution is -2.54. The van der Waals surface area contributed by atoms with Gasteiger partial charge in [0.05, 0.1) is 5.56 Å². The van der Waals surface area contributed by atoms with E-state index in [0.717, 1.165) is 59.4 Å². The van der Waals surface area contributed by atoms with Crippen LogP contribution in [0.1, 0.15) is 47.7 Å². The van der Waals surface area contributed by atoms with Crippen molar-refractivity contribution in [2.24, 2.45) is 0 Å². The van der Waals surface area contributed by atoms with E-state index in [0.29, 0.717) is 22.7 Å². The summed E-state index contributed by atoms with van der Waals surface area (Å²) in [5.74, 6) is -0.0749. The number of pyridine rings is 1. The first-order valence-corrected chi connectivity index (χ1v) is 13.6. The maximum atomic E-state index is 13.7. The van der Waals surface area contributed by atoms with Crippen molar-refractivity contribution in [1.82, 2.24) is 4.90 Å². The minimum Gasteiger partial charge on any atom is -0.618 e. The minimum absolute atomic E-state index is 0.0439. The Kier molecular flexibility index (Phi) is 6.68. The van der Waals surface area contributed by atoms with Gasteiger partial charge in [0.2, 0.25) is 5.52 Å². The minimum atomic E-state index is -4.38. The first-order chi connectivity index (χ1) is 18.7. The SMILES string of the molecule is CC1CN(c2ccccc2)CCN1C1CC(c2ccc(C(F)(F)F)cc2)Cc2c1cc1cc(Cl)ccc1[n+]2[O-]. The number of anilines is 1. The Hall–Kier alpha value is -3.29. The predicted molar refractivity (Wildman–Crippen MR) is 148 cm³/mol. The molecule has 202 valence electrons. The molecule has 4 nitrogen and oxygen atoms in total. The lowest BCUT2D eigenvalue weighted by Gasteiger charge is -2.47. The van der Waals surface area contributed by atoms with E-state index in [4.69, 9.17) is 11.6 Å². The summed E-state index contributed by atoms with van der Waals surface area (Å²) in [7, 11) is 0. The number of para-hydroxylation sites is 1. The molecular formula is C31H29ClF3N3O. The van der Waals surface area contributed by atoms with Crippen LogP contribution in [0.5, 0.6) is 0 Å². The maximum absolute atomic E-state index is 13.7. The topological polar surface area (TPSA) is 33.4 Å². The Morgan fingerprint density at radius 1 is 0.949 bits per heavy atom. The molecule has 0 spiro atoms. The number of rotatable bonds is 3. The van der Waals surface area contributed by atoms with E-state index in [9.17, 15) is 18.4 Å². The molecule has 1 fully saturated rings. The maximum Gasteiger partial charge on any atom is 0.416 e. The fourth-order valence-corrected chi connectivity index (χ4v) is 6.54. The van der Waals surface area contributed by atoms with Gasteiger partial charge in [0.25, 0.3) is 0 Å². The highest BCUT2D eigenvalue weighted by Gasteiger charge is 2.40. The third kappa shape index (κ3) is 4.94. The first-order valence-electron chi connectivity index (χ1n) is 13.3. The zero-order valence-corrected chi connectivity index (χ0v) is 22.3. The van der Waals surface area contributed by atoms with Crippen LogP contribution < -0.4 is 9.63 Å². The van der Waals surface area contributed by atoms with Gasteiger partial charge in [0.1, 0.15) is 0 Å². The van der Waals surface area contributed by atoms with Gasteiger partial charge in [-0.05, 0) is 67.3 Å². The summed E-state index contributed by atoms with van der Waals surface area (Å²) in [5.41, 5.74) is 3.57. The average molecular weight is 552 g/mol. The zero-order chi connectivity index (χ0) is 27.3. The molecule has 0 saturated carbocycles. The van der Waals surface area contributed by atoms with Crippen LogP contribution >= 0.6 is 11.6 Å². The molecule has 4 aromatic rings. The van der Waals surface area contributed by atoms with Crippen molar-refractivity contribution in [2.75, 3.05) is 24.5 Å². The van der Waals surface area contributed by atoms with Gasteiger partial charge in [-0.15, -0.1) is 0 Å². The van der Waals surface area contributed by atoms with Crippen molar-refractivity contribution in [3.63, 3.8) is 0 Å². The monoisotopic (exact) mass is 551 g/mol.